The van der Waals surface area contributed by atoms with Gasteiger partial charge >= 0.3 is 5.97 Å². The molecule has 7 heteroatoms. The fraction of sp³-hybridized carbons (Fsp3) is 0.321. The van der Waals surface area contributed by atoms with Crippen LogP contribution in [0.4, 0.5) is 0 Å². The minimum Gasteiger partial charge on any atom is -0.497 e. The molecule has 1 saturated heterocycles. The van der Waals surface area contributed by atoms with Gasteiger partial charge in [0.2, 0.25) is 6.79 Å². The molecule has 0 spiro atoms. The SMILES string of the molecule is COc1ccc([C@H]2CN(CCOc3ccccc3)C[C@H](c3ccc4c(c3)OCO4)[C@@H]2C(=O)O)cc1. The lowest BCUT2D eigenvalue weighted by molar-refractivity contribution is -0.145. The molecular weight excluding hydrogens is 446 g/mol. The zero-order valence-electron chi connectivity index (χ0n) is 19.6. The Labute approximate surface area is 204 Å². The summed E-state index contributed by atoms with van der Waals surface area (Å²) in [5.74, 6) is 1.12. The number of piperidine rings is 1. The Balaban J connectivity index is 1.43. The summed E-state index contributed by atoms with van der Waals surface area (Å²) in [6.45, 7) is 2.63. The molecule has 3 atom stereocenters. The molecule has 0 saturated carbocycles. The summed E-state index contributed by atoms with van der Waals surface area (Å²) in [4.78, 5) is 15.0. The monoisotopic (exact) mass is 475 g/mol. The van der Waals surface area contributed by atoms with Crippen molar-refractivity contribution in [3.63, 3.8) is 0 Å². The molecule has 35 heavy (non-hydrogen) atoms. The highest BCUT2D eigenvalue weighted by molar-refractivity contribution is 5.73. The number of carboxylic acid groups (broad SMARTS) is 1. The first-order valence-electron chi connectivity index (χ1n) is 11.8. The van der Waals surface area contributed by atoms with Gasteiger partial charge in [-0.15, -0.1) is 0 Å². The summed E-state index contributed by atoms with van der Waals surface area (Å²) in [6, 6.07) is 23.2. The lowest BCUT2D eigenvalue weighted by Crippen LogP contribution is -2.48. The summed E-state index contributed by atoms with van der Waals surface area (Å²) in [6.07, 6.45) is 0. The molecule has 182 valence electrons. The van der Waals surface area contributed by atoms with Crippen LogP contribution in [0.3, 0.4) is 0 Å². The summed E-state index contributed by atoms with van der Waals surface area (Å²) < 4.78 is 22.3. The van der Waals surface area contributed by atoms with E-state index in [9.17, 15) is 9.90 Å². The molecule has 1 fully saturated rings. The van der Waals surface area contributed by atoms with Crippen LogP contribution < -0.4 is 18.9 Å². The maximum absolute atomic E-state index is 12.7. The van der Waals surface area contributed by atoms with E-state index in [2.05, 4.69) is 4.90 Å². The molecule has 2 aliphatic heterocycles. The average molecular weight is 476 g/mol. The van der Waals surface area contributed by atoms with E-state index in [1.807, 2.05) is 72.8 Å². The van der Waals surface area contributed by atoms with E-state index in [4.69, 9.17) is 18.9 Å². The molecular formula is C28H29NO6. The molecule has 0 bridgehead atoms. The number of para-hydroxylation sites is 1. The molecule has 7 nitrogen and oxygen atoms in total. The van der Waals surface area contributed by atoms with Gasteiger partial charge in [0.15, 0.2) is 11.5 Å². The van der Waals surface area contributed by atoms with Crippen LogP contribution in [0.1, 0.15) is 23.0 Å². The van der Waals surface area contributed by atoms with Crippen molar-refractivity contribution in [1.82, 2.24) is 4.90 Å². The van der Waals surface area contributed by atoms with E-state index in [-0.39, 0.29) is 18.6 Å². The van der Waals surface area contributed by atoms with Crippen molar-refractivity contribution in [1.29, 1.82) is 0 Å². The summed E-state index contributed by atoms with van der Waals surface area (Å²) >= 11 is 0. The van der Waals surface area contributed by atoms with Crippen LogP contribution in [-0.2, 0) is 4.79 Å². The highest BCUT2D eigenvalue weighted by atomic mass is 16.7. The predicted octanol–water partition coefficient (Wildman–Crippen LogP) is 4.39. The third kappa shape index (κ3) is 5.05. The van der Waals surface area contributed by atoms with E-state index >= 15 is 0 Å². The van der Waals surface area contributed by atoms with Gasteiger partial charge in [-0.3, -0.25) is 9.69 Å². The van der Waals surface area contributed by atoms with E-state index < -0.39 is 11.9 Å². The van der Waals surface area contributed by atoms with E-state index in [0.29, 0.717) is 37.7 Å². The van der Waals surface area contributed by atoms with Gasteiger partial charge in [0.25, 0.3) is 0 Å². The van der Waals surface area contributed by atoms with Crippen molar-refractivity contribution in [2.75, 3.05) is 40.1 Å². The number of likely N-dealkylation sites (tertiary alicyclic amines) is 1. The zero-order chi connectivity index (χ0) is 24.2. The van der Waals surface area contributed by atoms with E-state index in [0.717, 1.165) is 22.6 Å². The number of benzene rings is 3. The van der Waals surface area contributed by atoms with Crippen LogP contribution in [0.5, 0.6) is 23.0 Å². The lowest BCUT2D eigenvalue weighted by Gasteiger charge is -2.42. The quantitative estimate of drug-likeness (QED) is 0.518. The fourth-order valence-electron chi connectivity index (χ4n) is 5.09. The summed E-state index contributed by atoms with van der Waals surface area (Å²) in [7, 11) is 1.62. The van der Waals surface area contributed by atoms with Crippen LogP contribution in [0.25, 0.3) is 0 Å². The minimum atomic E-state index is -0.798. The van der Waals surface area contributed by atoms with Crippen LogP contribution in [0.2, 0.25) is 0 Å². The maximum atomic E-state index is 12.7. The van der Waals surface area contributed by atoms with Gasteiger partial charge in [-0.25, -0.2) is 0 Å². The second kappa shape index (κ2) is 10.3. The summed E-state index contributed by atoms with van der Waals surface area (Å²) in [5, 5.41) is 10.4. The zero-order valence-corrected chi connectivity index (χ0v) is 19.6. The topological polar surface area (TPSA) is 77.5 Å². The first-order valence-corrected chi connectivity index (χ1v) is 11.8. The number of carbonyl (C=O) groups is 1. The van der Waals surface area contributed by atoms with Gasteiger partial charge in [0.1, 0.15) is 18.1 Å². The molecule has 1 N–H and O–H groups in total. The Hall–Kier alpha value is -3.71. The minimum absolute atomic E-state index is 0.184. The van der Waals surface area contributed by atoms with Crippen molar-refractivity contribution in [3.05, 3.63) is 83.9 Å². The molecule has 0 aliphatic carbocycles. The van der Waals surface area contributed by atoms with Gasteiger partial charge in [0.05, 0.1) is 13.0 Å². The molecule has 5 rings (SSSR count). The van der Waals surface area contributed by atoms with Crippen molar-refractivity contribution in [2.45, 2.75) is 11.8 Å². The Kier molecular flexibility index (Phi) is 6.77. The largest absolute Gasteiger partial charge is 0.497 e. The first-order chi connectivity index (χ1) is 17.1. The molecule has 0 radical (unpaired) electrons. The normalized spacial score (nSPS) is 21.5. The highest BCUT2D eigenvalue weighted by Gasteiger charge is 2.43. The molecule has 3 aromatic carbocycles. The van der Waals surface area contributed by atoms with Crippen LogP contribution in [-0.4, -0.2) is 56.1 Å². The molecule has 3 aromatic rings. The van der Waals surface area contributed by atoms with Gasteiger partial charge in [-0.1, -0.05) is 36.4 Å². The van der Waals surface area contributed by atoms with Crippen LogP contribution in [0.15, 0.2) is 72.8 Å². The molecule has 0 unspecified atom stereocenters. The molecule has 0 amide bonds. The second-order valence-electron chi connectivity index (χ2n) is 8.88. The van der Waals surface area contributed by atoms with Gasteiger partial charge in [-0.2, -0.15) is 0 Å². The van der Waals surface area contributed by atoms with Crippen molar-refractivity contribution >= 4 is 5.97 Å². The lowest BCUT2D eigenvalue weighted by atomic mass is 9.71. The van der Waals surface area contributed by atoms with Gasteiger partial charge in [0, 0.05) is 31.5 Å². The van der Waals surface area contributed by atoms with E-state index in [1.54, 1.807) is 7.11 Å². The number of rotatable bonds is 8. The number of methoxy groups -OCH3 is 1. The number of nitrogens with zero attached hydrogens (tertiary/aromatic N) is 1. The third-order valence-electron chi connectivity index (χ3n) is 6.85. The number of ether oxygens (including phenoxy) is 4. The second-order valence-corrected chi connectivity index (χ2v) is 8.88. The molecule has 2 aliphatic rings. The standard InChI is InChI=1S/C28H29NO6/c1-32-21-10-7-19(8-11-21)23-16-29(13-14-33-22-5-3-2-4-6-22)17-24(27(23)28(30)31)20-9-12-25-26(15-20)35-18-34-25/h2-12,15,23-24,27H,13-14,16-18H2,1H3,(H,30,31)/t23-,24-,27-/m1/s1. The fourth-order valence-corrected chi connectivity index (χ4v) is 5.09. The van der Waals surface area contributed by atoms with Crippen molar-refractivity contribution < 1.29 is 28.8 Å². The van der Waals surface area contributed by atoms with Gasteiger partial charge in [-0.05, 0) is 47.5 Å². The maximum Gasteiger partial charge on any atom is 0.307 e. The smallest absolute Gasteiger partial charge is 0.307 e. The molecule has 0 aromatic heterocycles. The predicted molar refractivity (Wildman–Crippen MR) is 131 cm³/mol. The van der Waals surface area contributed by atoms with Crippen molar-refractivity contribution in [3.8, 4) is 23.0 Å². The number of aliphatic carboxylic acids is 1. The number of fused-ring (bicyclic) bond motifs is 1. The summed E-state index contributed by atoms with van der Waals surface area (Å²) in [5.41, 5.74) is 1.92. The third-order valence-corrected chi connectivity index (χ3v) is 6.85. The number of carboxylic acids is 1. The van der Waals surface area contributed by atoms with Crippen LogP contribution >= 0.6 is 0 Å². The Morgan fingerprint density at radius 2 is 1.60 bits per heavy atom. The Morgan fingerprint density at radius 3 is 2.31 bits per heavy atom. The number of hydrogen-bond acceptors (Lipinski definition) is 6. The van der Waals surface area contributed by atoms with E-state index in [1.165, 1.54) is 0 Å². The van der Waals surface area contributed by atoms with Gasteiger partial charge < -0.3 is 24.1 Å². The Morgan fingerprint density at radius 1 is 0.914 bits per heavy atom. The number of hydrogen-bond donors (Lipinski definition) is 1. The highest BCUT2D eigenvalue weighted by Crippen LogP contribution is 2.44. The first kappa shape index (κ1) is 23.1. The molecule has 2 heterocycles. The van der Waals surface area contributed by atoms with Crippen LogP contribution in [0, 0.1) is 5.92 Å². The van der Waals surface area contributed by atoms with Crippen molar-refractivity contribution in [2.24, 2.45) is 5.92 Å². The Bertz CT molecular complexity index is 1150. The average Bonchev–Trinajstić information content (AvgIpc) is 3.37.